The number of carboxylic acid groups (broad SMARTS) is 1. The Balaban J connectivity index is 1.92. The Morgan fingerprint density at radius 1 is 1.33 bits per heavy atom. The minimum Gasteiger partial charge on any atom is -0.476 e. The van der Waals surface area contributed by atoms with Crippen molar-refractivity contribution in [2.45, 2.75) is 20.4 Å². The van der Waals surface area contributed by atoms with E-state index in [0.717, 1.165) is 11.1 Å². The maximum absolute atomic E-state index is 12.1. The van der Waals surface area contributed by atoms with Crippen LogP contribution in [0.5, 0.6) is 0 Å². The molecule has 0 aliphatic rings. The van der Waals surface area contributed by atoms with Crippen molar-refractivity contribution in [2.75, 3.05) is 6.54 Å². The summed E-state index contributed by atoms with van der Waals surface area (Å²) in [5.41, 5.74) is 2.69. The zero-order valence-electron chi connectivity index (χ0n) is 12.0. The topological polar surface area (TPSA) is 84.2 Å². The van der Waals surface area contributed by atoms with E-state index < -0.39 is 5.97 Å². The summed E-state index contributed by atoms with van der Waals surface area (Å²) in [5.74, 6) is -1.19. The lowest BCUT2D eigenvalue weighted by Gasteiger charge is -2.09. The number of imidazole rings is 1. The van der Waals surface area contributed by atoms with E-state index in [1.165, 1.54) is 12.5 Å². The summed E-state index contributed by atoms with van der Waals surface area (Å²) >= 11 is 0. The number of aromatic carboxylic acids is 1. The van der Waals surface area contributed by atoms with Gasteiger partial charge in [-0.15, -0.1) is 0 Å². The van der Waals surface area contributed by atoms with Crippen molar-refractivity contribution in [1.29, 1.82) is 0 Å². The van der Waals surface area contributed by atoms with Crippen molar-refractivity contribution in [3.05, 3.63) is 53.1 Å². The molecule has 0 unspecified atom stereocenters. The first-order valence-corrected chi connectivity index (χ1v) is 6.58. The van der Waals surface area contributed by atoms with Crippen LogP contribution in [0, 0.1) is 13.8 Å². The maximum atomic E-state index is 12.1. The van der Waals surface area contributed by atoms with E-state index in [4.69, 9.17) is 5.11 Å². The first-order chi connectivity index (χ1) is 9.99. The van der Waals surface area contributed by atoms with Crippen molar-refractivity contribution in [1.82, 2.24) is 14.9 Å². The average molecular weight is 287 g/mol. The summed E-state index contributed by atoms with van der Waals surface area (Å²) < 4.78 is 1.63. The number of amides is 1. The number of carboxylic acids is 1. The van der Waals surface area contributed by atoms with Crippen molar-refractivity contribution in [3.63, 3.8) is 0 Å². The van der Waals surface area contributed by atoms with Crippen molar-refractivity contribution < 1.29 is 14.7 Å². The molecule has 1 aromatic heterocycles. The third kappa shape index (κ3) is 3.47. The molecule has 0 aliphatic carbocycles. The lowest BCUT2D eigenvalue weighted by Crippen LogP contribution is -2.27. The molecule has 110 valence electrons. The number of carbonyl (C=O) groups is 2. The summed E-state index contributed by atoms with van der Waals surface area (Å²) in [6.07, 6.45) is 2.87. The molecule has 2 rings (SSSR count). The van der Waals surface area contributed by atoms with E-state index in [1.54, 1.807) is 10.6 Å². The fourth-order valence-corrected chi connectivity index (χ4v) is 1.98. The summed E-state index contributed by atoms with van der Waals surface area (Å²) in [6.45, 7) is 4.75. The third-order valence-corrected chi connectivity index (χ3v) is 3.36. The molecule has 2 N–H and O–H groups in total. The summed E-state index contributed by atoms with van der Waals surface area (Å²) in [4.78, 5) is 26.5. The van der Waals surface area contributed by atoms with Gasteiger partial charge in [-0.25, -0.2) is 9.78 Å². The first-order valence-electron chi connectivity index (χ1n) is 6.58. The van der Waals surface area contributed by atoms with Crippen LogP contribution in [-0.4, -0.2) is 33.1 Å². The predicted molar refractivity (Wildman–Crippen MR) is 77.4 cm³/mol. The van der Waals surface area contributed by atoms with Crippen LogP contribution in [0.15, 0.2) is 30.7 Å². The minimum absolute atomic E-state index is 0.00384. The third-order valence-electron chi connectivity index (χ3n) is 3.36. The predicted octanol–water partition coefficient (Wildman–Crippen LogP) is 1.63. The van der Waals surface area contributed by atoms with Crippen LogP contribution in [0.2, 0.25) is 0 Å². The average Bonchev–Trinajstić information content (AvgIpc) is 2.91. The molecule has 6 heteroatoms. The van der Waals surface area contributed by atoms with Gasteiger partial charge in [-0.3, -0.25) is 4.79 Å². The molecule has 1 heterocycles. The minimum atomic E-state index is -1.06. The quantitative estimate of drug-likeness (QED) is 0.875. The van der Waals surface area contributed by atoms with E-state index >= 15 is 0 Å². The zero-order valence-corrected chi connectivity index (χ0v) is 12.0. The van der Waals surface area contributed by atoms with Gasteiger partial charge < -0.3 is 15.0 Å². The van der Waals surface area contributed by atoms with E-state index in [1.807, 2.05) is 26.0 Å². The summed E-state index contributed by atoms with van der Waals surface area (Å²) in [6, 6.07) is 5.61. The highest BCUT2D eigenvalue weighted by Gasteiger charge is 2.10. The van der Waals surface area contributed by atoms with Crippen LogP contribution >= 0.6 is 0 Å². The Morgan fingerprint density at radius 2 is 2.10 bits per heavy atom. The van der Waals surface area contributed by atoms with Crippen LogP contribution < -0.4 is 5.32 Å². The van der Waals surface area contributed by atoms with Crippen LogP contribution in [0.4, 0.5) is 0 Å². The highest BCUT2D eigenvalue weighted by molar-refractivity contribution is 5.95. The van der Waals surface area contributed by atoms with E-state index in [0.29, 0.717) is 18.7 Å². The lowest BCUT2D eigenvalue weighted by atomic mass is 10.0. The van der Waals surface area contributed by atoms with Crippen molar-refractivity contribution in [2.24, 2.45) is 0 Å². The molecular weight excluding hydrogens is 270 g/mol. The van der Waals surface area contributed by atoms with Crippen LogP contribution in [-0.2, 0) is 6.54 Å². The molecule has 0 saturated heterocycles. The number of rotatable bonds is 5. The van der Waals surface area contributed by atoms with Gasteiger partial charge in [0.2, 0.25) is 0 Å². The van der Waals surface area contributed by atoms with E-state index in [-0.39, 0.29) is 11.6 Å². The summed E-state index contributed by atoms with van der Waals surface area (Å²) in [7, 11) is 0. The highest BCUT2D eigenvalue weighted by Crippen LogP contribution is 2.12. The second-order valence-electron chi connectivity index (χ2n) is 4.81. The van der Waals surface area contributed by atoms with Gasteiger partial charge in [-0.2, -0.15) is 0 Å². The molecule has 21 heavy (non-hydrogen) atoms. The van der Waals surface area contributed by atoms with Gasteiger partial charge in [0, 0.05) is 24.8 Å². The van der Waals surface area contributed by atoms with Gasteiger partial charge in [0.15, 0.2) is 5.69 Å². The van der Waals surface area contributed by atoms with Gasteiger partial charge >= 0.3 is 5.97 Å². The molecule has 6 nitrogen and oxygen atoms in total. The number of nitrogens with zero attached hydrogens (tertiary/aromatic N) is 2. The van der Waals surface area contributed by atoms with Crippen LogP contribution in [0.3, 0.4) is 0 Å². The Labute approximate surface area is 122 Å². The molecule has 1 amide bonds. The van der Waals surface area contributed by atoms with E-state index in [9.17, 15) is 9.59 Å². The van der Waals surface area contributed by atoms with Crippen molar-refractivity contribution in [3.8, 4) is 0 Å². The largest absolute Gasteiger partial charge is 0.476 e. The molecule has 0 bridgehead atoms. The number of nitrogens with one attached hydrogen (secondary N) is 1. The molecule has 2 aromatic rings. The molecule has 0 fully saturated rings. The lowest BCUT2D eigenvalue weighted by molar-refractivity contribution is 0.0690. The summed E-state index contributed by atoms with van der Waals surface area (Å²) in [5, 5.41) is 11.6. The number of aromatic nitrogens is 2. The molecule has 0 spiro atoms. The van der Waals surface area contributed by atoms with Crippen molar-refractivity contribution >= 4 is 11.9 Å². The van der Waals surface area contributed by atoms with Crippen LogP contribution in [0.25, 0.3) is 0 Å². The number of benzene rings is 1. The molecule has 0 aliphatic heterocycles. The number of aryl methyl sites for hydroxylation is 1. The fraction of sp³-hybridized carbons (Fsp3) is 0.267. The number of hydrogen-bond donors (Lipinski definition) is 2. The zero-order chi connectivity index (χ0) is 15.4. The molecule has 0 radical (unpaired) electrons. The SMILES string of the molecule is Cc1cccc(C(=O)NCCn2cnc(C(=O)O)c2)c1C. The highest BCUT2D eigenvalue weighted by atomic mass is 16.4. The Kier molecular flexibility index (Phi) is 4.37. The van der Waals surface area contributed by atoms with Gasteiger partial charge in [-0.05, 0) is 31.0 Å². The molecular formula is C15H17N3O3. The molecule has 0 atom stereocenters. The van der Waals surface area contributed by atoms with Gasteiger partial charge in [0.05, 0.1) is 6.33 Å². The Morgan fingerprint density at radius 3 is 2.76 bits per heavy atom. The molecule has 0 saturated carbocycles. The second kappa shape index (κ2) is 6.21. The van der Waals surface area contributed by atoms with Gasteiger partial charge in [-0.1, -0.05) is 12.1 Å². The normalized spacial score (nSPS) is 10.4. The van der Waals surface area contributed by atoms with Gasteiger partial charge in [0.25, 0.3) is 5.91 Å². The van der Waals surface area contributed by atoms with Gasteiger partial charge in [0.1, 0.15) is 0 Å². The van der Waals surface area contributed by atoms with Crippen LogP contribution in [0.1, 0.15) is 32.0 Å². The standard InChI is InChI=1S/C15H17N3O3/c1-10-4-3-5-12(11(10)2)14(19)16-6-7-18-8-13(15(20)21)17-9-18/h3-5,8-9H,6-7H2,1-2H3,(H,16,19)(H,20,21). The molecule has 1 aromatic carbocycles. The fourth-order valence-electron chi connectivity index (χ4n) is 1.98. The second-order valence-corrected chi connectivity index (χ2v) is 4.81. The smallest absolute Gasteiger partial charge is 0.356 e. The Bertz CT molecular complexity index is 677. The number of carbonyl (C=O) groups excluding carboxylic acids is 1. The first kappa shape index (κ1) is 14.8. The monoisotopic (exact) mass is 287 g/mol. The van der Waals surface area contributed by atoms with E-state index in [2.05, 4.69) is 10.3 Å². The maximum Gasteiger partial charge on any atom is 0.356 e. The number of hydrogen-bond acceptors (Lipinski definition) is 3. The Hall–Kier alpha value is -2.63.